The molecule has 1 saturated carbocycles. The van der Waals surface area contributed by atoms with Gasteiger partial charge in [0.1, 0.15) is 11.3 Å². The van der Waals surface area contributed by atoms with Crippen molar-refractivity contribution < 1.29 is 19.1 Å². The lowest BCUT2D eigenvalue weighted by Gasteiger charge is -2.22. The van der Waals surface area contributed by atoms with Crippen LogP contribution in [0.15, 0.2) is 24.3 Å². The van der Waals surface area contributed by atoms with Crippen molar-refractivity contribution in [1.29, 1.82) is 10.5 Å². The van der Waals surface area contributed by atoms with Gasteiger partial charge in [-0.1, -0.05) is 0 Å². The summed E-state index contributed by atoms with van der Waals surface area (Å²) in [5.74, 6) is -0.644. The summed E-state index contributed by atoms with van der Waals surface area (Å²) in [6.45, 7) is 2.70. The smallest absolute Gasteiger partial charge is 0.347 e. The molecule has 0 aromatic heterocycles. The van der Waals surface area contributed by atoms with Crippen LogP contribution in [0.2, 0.25) is 0 Å². The molecule has 2 rings (SSSR count). The normalized spacial score (nSPS) is 16.5. The minimum atomic E-state index is -0.923. The van der Waals surface area contributed by atoms with Gasteiger partial charge in [0.05, 0.1) is 17.7 Å². The number of hydrogen-bond donors (Lipinski definition) is 1. The highest BCUT2D eigenvalue weighted by Crippen LogP contribution is 2.39. The quantitative estimate of drug-likeness (QED) is 0.755. The van der Waals surface area contributed by atoms with Crippen LogP contribution in [0.5, 0.6) is 5.75 Å². The lowest BCUT2D eigenvalue weighted by atomic mass is 9.98. The fraction of sp³-hybridized carbons (Fsp3) is 0.444. The number of hydrogen-bond acceptors (Lipinski definition) is 6. The SMILES string of the molecule is C[C@H](Oc1ccc(C#N)cc1)C(=O)OCC(=O)N[C@](C)(C#N)C1CC1. The van der Waals surface area contributed by atoms with Gasteiger partial charge < -0.3 is 14.8 Å². The average molecular weight is 341 g/mol. The number of carbonyl (C=O) groups is 2. The van der Waals surface area contributed by atoms with Crippen LogP contribution < -0.4 is 10.1 Å². The summed E-state index contributed by atoms with van der Waals surface area (Å²) >= 11 is 0. The highest BCUT2D eigenvalue weighted by Gasteiger charge is 2.43. The summed E-state index contributed by atoms with van der Waals surface area (Å²) in [6.07, 6.45) is 0.894. The zero-order valence-electron chi connectivity index (χ0n) is 14.1. The van der Waals surface area contributed by atoms with Gasteiger partial charge in [0.15, 0.2) is 12.7 Å². The van der Waals surface area contributed by atoms with E-state index in [2.05, 4.69) is 11.4 Å². The second kappa shape index (κ2) is 7.67. The van der Waals surface area contributed by atoms with Crippen LogP contribution in [0.4, 0.5) is 0 Å². The number of ether oxygens (including phenoxy) is 2. The summed E-state index contributed by atoms with van der Waals surface area (Å²) < 4.78 is 10.3. The zero-order valence-corrected chi connectivity index (χ0v) is 14.1. The number of carbonyl (C=O) groups excluding carboxylic acids is 2. The molecule has 0 spiro atoms. The molecule has 1 N–H and O–H groups in total. The van der Waals surface area contributed by atoms with Crippen molar-refractivity contribution in [2.45, 2.75) is 38.3 Å². The fourth-order valence-electron chi connectivity index (χ4n) is 2.32. The van der Waals surface area contributed by atoms with E-state index in [0.29, 0.717) is 11.3 Å². The van der Waals surface area contributed by atoms with Gasteiger partial charge in [0.25, 0.3) is 5.91 Å². The molecule has 0 saturated heterocycles. The van der Waals surface area contributed by atoms with Gasteiger partial charge in [0, 0.05) is 0 Å². The van der Waals surface area contributed by atoms with Crippen LogP contribution in [0, 0.1) is 28.6 Å². The van der Waals surface area contributed by atoms with Gasteiger partial charge in [-0.3, -0.25) is 4.79 Å². The van der Waals surface area contributed by atoms with Crippen molar-refractivity contribution in [2.75, 3.05) is 6.61 Å². The van der Waals surface area contributed by atoms with Gasteiger partial charge in [-0.15, -0.1) is 0 Å². The summed E-state index contributed by atoms with van der Waals surface area (Å²) in [7, 11) is 0. The van der Waals surface area contributed by atoms with Crippen molar-refractivity contribution in [3.63, 3.8) is 0 Å². The predicted molar refractivity (Wildman–Crippen MR) is 87.1 cm³/mol. The first kappa shape index (κ1) is 18.3. The number of nitrogens with one attached hydrogen (secondary N) is 1. The second-order valence-corrected chi connectivity index (χ2v) is 6.14. The van der Waals surface area contributed by atoms with E-state index in [1.807, 2.05) is 6.07 Å². The molecular weight excluding hydrogens is 322 g/mol. The third-order valence-corrected chi connectivity index (χ3v) is 4.00. The van der Waals surface area contributed by atoms with Gasteiger partial charge in [-0.2, -0.15) is 10.5 Å². The first-order chi connectivity index (χ1) is 11.9. The molecule has 1 fully saturated rings. The Balaban J connectivity index is 1.79. The van der Waals surface area contributed by atoms with Crippen molar-refractivity contribution in [3.8, 4) is 17.9 Å². The molecule has 0 heterocycles. The predicted octanol–water partition coefficient (Wildman–Crippen LogP) is 1.68. The van der Waals surface area contributed by atoms with Crippen LogP contribution in [0.25, 0.3) is 0 Å². The van der Waals surface area contributed by atoms with Crippen LogP contribution in [-0.2, 0) is 14.3 Å². The number of amides is 1. The van der Waals surface area contributed by atoms with Gasteiger partial charge in [-0.05, 0) is 56.9 Å². The maximum Gasteiger partial charge on any atom is 0.347 e. The molecule has 0 aliphatic heterocycles. The molecule has 0 bridgehead atoms. The minimum Gasteiger partial charge on any atom is -0.479 e. The largest absolute Gasteiger partial charge is 0.479 e. The van der Waals surface area contributed by atoms with Gasteiger partial charge in [-0.25, -0.2) is 4.79 Å². The maximum atomic E-state index is 11.9. The molecule has 1 aromatic rings. The number of nitriles is 2. The molecule has 1 aliphatic carbocycles. The van der Waals surface area contributed by atoms with E-state index in [0.717, 1.165) is 12.8 Å². The van der Waals surface area contributed by atoms with E-state index in [1.54, 1.807) is 31.2 Å². The molecule has 7 heteroatoms. The number of nitrogens with zero attached hydrogens (tertiary/aromatic N) is 2. The molecule has 1 aliphatic rings. The monoisotopic (exact) mass is 341 g/mol. The van der Waals surface area contributed by atoms with Crippen molar-refractivity contribution >= 4 is 11.9 Å². The molecule has 2 atom stereocenters. The van der Waals surface area contributed by atoms with E-state index in [1.165, 1.54) is 6.92 Å². The summed E-state index contributed by atoms with van der Waals surface area (Å²) in [5.41, 5.74) is -0.441. The summed E-state index contributed by atoms with van der Waals surface area (Å²) in [4.78, 5) is 23.8. The standard InChI is InChI=1S/C18H19N3O4/c1-12(25-15-7-3-13(9-19)4-8-15)17(23)24-10-16(22)21-18(2,11-20)14-5-6-14/h3-4,7-8,12,14H,5-6,10H2,1-2H3,(H,21,22)/t12-,18+/m0/s1. The molecule has 0 unspecified atom stereocenters. The topological polar surface area (TPSA) is 112 Å². The lowest BCUT2D eigenvalue weighted by molar-refractivity contribution is -0.155. The number of esters is 1. The van der Waals surface area contributed by atoms with E-state index < -0.39 is 30.1 Å². The van der Waals surface area contributed by atoms with Crippen molar-refractivity contribution in [3.05, 3.63) is 29.8 Å². The Hall–Kier alpha value is -3.06. The third kappa shape index (κ3) is 4.95. The highest BCUT2D eigenvalue weighted by atomic mass is 16.6. The van der Waals surface area contributed by atoms with Crippen LogP contribution >= 0.6 is 0 Å². The maximum absolute atomic E-state index is 11.9. The average Bonchev–Trinajstić information content (AvgIpc) is 3.45. The van der Waals surface area contributed by atoms with Crippen molar-refractivity contribution in [1.82, 2.24) is 5.32 Å². The Kier molecular flexibility index (Phi) is 5.61. The highest BCUT2D eigenvalue weighted by molar-refractivity contribution is 5.82. The minimum absolute atomic E-state index is 0.149. The van der Waals surface area contributed by atoms with Crippen molar-refractivity contribution in [2.24, 2.45) is 5.92 Å². The third-order valence-electron chi connectivity index (χ3n) is 4.00. The zero-order chi connectivity index (χ0) is 18.4. The summed E-state index contributed by atoms with van der Waals surface area (Å²) in [6, 6.07) is 10.4. The molecule has 25 heavy (non-hydrogen) atoms. The molecular formula is C18H19N3O4. The number of rotatable bonds is 7. The van der Waals surface area contributed by atoms with Crippen LogP contribution in [0.3, 0.4) is 0 Å². The van der Waals surface area contributed by atoms with Crippen LogP contribution in [-0.4, -0.2) is 30.1 Å². The Bertz CT molecular complexity index is 728. The van der Waals surface area contributed by atoms with E-state index >= 15 is 0 Å². The van der Waals surface area contributed by atoms with Crippen LogP contribution in [0.1, 0.15) is 32.3 Å². The van der Waals surface area contributed by atoms with E-state index in [-0.39, 0.29) is 5.92 Å². The molecule has 0 radical (unpaired) electrons. The molecule has 7 nitrogen and oxygen atoms in total. The first-order valence-corrected chi connectivity index (χ1v) is 7.93. The van der Waals surface area contributed by atoms with E-state index in [4.69, 9.17) is 14.7 Å². The first-order valence-electron chi connectivity index (χ1n) is 7.93. The molecule has 1 aromatic carbocycles. The second-order valence-electron chi connectivity index (χ2n) is 6.14. The molecule has 1 amide bonds. The molecule has 130 valence electrons. The van der Waals surface area contributed by atoms with E-state index in [9.17, 15) is 14.9 Å². The summed E-state index contributed by atoms with van der Waals surface area (Å²) in [5, 5.41) is 20.5. The fourth-order valence-corrected chi connectivity index (χ4v) is 2.32. The van der Waals surface area contributed by atoms with Gasteiger partial charge in [0.2, 0.25) is 0 Å². The Morgan fingerprint density at radius 1 is 1.32 bits per heavy atom. The van der Waals surface area contributed by atoms with Gasteiger partial charge >= 0.3 is 5.97 Å². The number of benzene rings is 1. The Morgan fingerprint density at radius 3 is 2.48 bits per heavy atom. The Labute approximate surface area is 146 Å². The lowest BCUT2D eigenvalue weighted by Crippen LogP contribution is -2.48. The Morgan fingerprint density at radius 2 is 1.96 bits per heavy atom.